The molecule has 1 heterocycles. The SMILES string of the molecule is CC(CSc1ccc(F)cc1)C(=O)N1C[C@@H]2CCC[C@@]2(C(=O)O)C1. The molecule has 1 aromatic carbocycles. The van der Waals surface area contributed by atoms with Gasteiger partial charge in [-0.2, -0.15) is 0 Å². The van der Waals surface area contributed by atoms with Crippen LogP contribution in [0.4, 0.5) is 4.39 Å². The maximum atomic E-state index is 12.9. The third-order valence-corrected chi connectivity index (χ3v) is 6.62. The zero-order chi connectivity index (χ0) is 17.3. The fourth-order valence-electron chi connectivity index (χ4n) is 3.94. The monoisotopic (exact) mass is 351 g/mol. The van der Waals surface area contributed by atoms with Crippen molar-refractivity contribution in [3.63, 3.8) is 0 Å². The number of nitrogens with zero attached hydrogens (tertiary/aromatic N) is 1. The van der Waals surface area contributed by atoms with Gasteiger partial charge in [0.05, 0.1) is 5.41 Å². The summed E-state index contributed by atoms with van der Waals surface area (Å²) < 4.78 is 12.9. The largest absolute Gasteiger partial charge is 0.481 e. The van der Waals surface area contributed by atoms with E-state index in [1.807, 2.05) is 6.92 Å². The first-order chi connectivity index (χ1) is 11.4. The van der Waals surface area contributed by atoms with Crippen LogP contribution in [-0.4, -0.2) is 40.7 Å². The first kappa shape index (κ1) is 17.3. The van der Waals surface area contributed by atoms with E-state index in [-0.39, 0.29) is 23.6 Å². The number of benzene rings is 1. The van der Waals surface area contributed by atoms with Crippen LogP contribution in [0.2, 0.25) is 0 Å². The number of carbonyl (C=O) groups excluding carboxylic acids is 1. The summed E-state index contributed by atoms with van der Waals surface area (Å²) in [6.07, 6.45) is 2.51. The van der Waals surface area contributed by atoms with Gasteiger partial charge in [0.2, 0.25) is 5.91 Å². The average Bonchev–Trinajstić information content (AvgIpc) is 3.11. The topological polar surface area (TPSA) is 57.6 Å². The lowest BCUT2D eigenvalue weighted by Crippen LogP contribution is -2.39. The number of carboxylic acids is 1. The molecule has 1 saturated carbocycles. The summed E-state index contributed by atoms with van der Waals surface area (Å²) in [5, 5.41) is 9.61. The van der Waals surface area contributed by atoms with Crippen molar-refractivity contribution in [3.05, 3.63) is 30.1 Å². The Labute approximate surface area is 145 Å². The number of rotatable bonds is 5. The van der Waals surface area contributed by atoms with Gasteiger partial charge in [-0.05, 0) is 43.0 Å². The van der Waals surface area contributed by atoms with Gasteiger partial charge in [0.1, 0.15) is 5.82 Å². The average molecular weight is 351 g/mol. The van der Waals surface area contributed by atoms with Gasteiger partial charge >= 0.3 is 5.97 Å². The molecule has 2 aliphatic rings. The molecule has 0 radical (unpaired) electrons. The standard InChI is InChI=1S/C18H22FNO3S/c1-12(10-24-15-6-4-14(19)5-7-15)16(21)20-9-13-3-2-8-18(13,11-20)17(22)23/h4-7,12-13H,2-3,8-11H2,1H3,(H,22,23)/t12?,13-,18+/m0/s1. The predicted octanol–water partition coefficient (Wildman–Crippen LogP) is 3.27. The Bertz CT molecular complexity index is 636. The van der Waals surface area contributed by atoms with E-state index in [4.69, 9.17) is 0 Å². The Morgan fingerprint density at radius 1 is 1.42 bits per heavy atom. The highest BCUT2D eigenvalue weighted by atomic mass is 32.2. The quantitative estimate of drug-likeness (QED) is 0.827. The molecule has 3 rings (SSSR count). The molecular weight excluding hydrogens is 329 g/mol. The second-order valence-electron chi connectivity index (χ2n) is 6.94. The number of thioether (sulfide) groups is 1. The van der Waals surface area contributed by atoms with Gasteiger partial charge in [0.25, 0.3) is 0 Å². The number of amides is 1. The fourth-order valence-corrected chi connectivity index (χ4v) is 4.86. The molecular formula is C18H22FNO3S. The van der Waals surface area contributed by atoms with Gasteiger partial charge in [0.15, 0.2) is 0 Å². The summed E-state index contributed by atoms with van der Waals surface area (Å²) in [6.45, 7) is 2.79. The molecule has 1 aliphatic heterocycles. The van der Waals surface area contributed by atoms with Crippen LogP contribution >= 0.6 is 11.8 Å². The highest BCUT2D eigenvalue weighted by Crippen LogP contribution is 2.49. The van der Waals surface area contributed by atoms with Gasteiger partial charge in [-0.25, -0.2) is 4.39 Å². The number of halogens is 1. The van der Waals surface area contributed by atoms with Gasteiger partial charge in [0, 0.05) is 29.7 Å². The maximum absolute atomic E-state index is 12.9. The number of fused-ring (bicyclic) bond motifs is 1. The van der Waals surface area contributed by atoms with E-state index in [0.717, 1.165) is 17.7 Å². The summed E-state index contributed by atoms with van der Waals surface area (Å²) >= 11 is 1.52. The first-order valence-corrected chi connectivity index (χ1v) is 9.31. The van der Waals surface area contributed by atoms with Crippen LogP contribution < -0.4 is 0 Å². The maximum Gasteiger partial charge on any atom is 0.311 e. The number of carboxylic acid groups (broad SMARTS) is 1. The van der Waals surface area contributed by atoms with E-state index < -0.39 is 11.4 Å². The summed E-state index contributed by atoms with van der Waals surface area (Å²) in [4.78, 5) is 27.1. The minimum absolute atomic E-state index is 0.0274. The van der Waals surface area contributed by atoms with Crippen molar-refractivity contribution >= 4 is 23.6 Å². The molecule has 4 nitrogen and oxygen atoms in total. The Kier molecular flexibility index (Phi) is 4.85. The number of hydrogen-bond donors (Lipinski definition) is 1. The zero-order valence-corrected chi connectivity index (χ0v) is 14.5. The lowest BCUT2D eigenvalue weighted by atomic mass is 9.81. The molecule has 1 N–H and O–H groups in total. The molecule has 130 valence electrons. The second-order valence-corrected chi connectivity index (χ2v) is 8.03. The molecule has 0 spiro atoms. The molecule has 0 aromatic heterocycles. The second kappa shape index (κ2) is 6.75. The van der Waals surface area contributed by atoms with Crippen LogP contribution in [-0.2, 0) is 9.59 Å². The Morgan fingerprint density at radius 3 is 2.75 bits per heavy atom. The normalized spacial score (nSPS) is 27.1. The lowest BCUT2D eigenvalue weighted by Gasteiger charge is -2.24. The van der Waals surface area contributed by atoms with Gasteiger partial charge in [-0.1, -0.05) is 13.3 Å². The molecule has 2 fully saturated rings. The molecule has 6 heteroatoms. The highest BCUT2D eigenvalue weighted by molar-refractivity contribution is 7.99. The third kappa shape index (κ3) is 3.16. The third-order valence-electron chi connectivity index (χ3n) is 5.34. The Hall–Kier alpha value is -1.56. The summed E-state index contributed by atoms with van der Waals surface area (Å²) in [5.74, 6) is -0.494. The molecule has 24 heavy (non-hydrogen) atoms. The van der Waals surface area contributed by atoms with Crippen LogP contribution in [0.3, 0.4) is 0 Å². The van der Waals surface area contributed by atoms with Crippen molar-refractivity contribution in [2.75, 3.05) is 18.8 Å². The summed E-state index contributed by atoms with van der Waals surface area (Å²) in [6, 6.07) is 6.23. The minimum atomic E-state index is -0.756. The molecule has 1 amide bonds. The highest BCUT2D eigenvalue weighted by Gasteiger charge is 2.55. The zero-order valence-electron chi connectivity index (χ0n) is 13.7. The molecule has 0 bridgehead atoms. The van der Waals surface area contributed by atoms with E-state index in [9.17, 15) is 19.1 Å². The van der Waals surface area contributed by atoms with E-state index in [1.165, 1.54) is 23.9 Å². The smallest absolute Gasteiger partial charge is 0.311 e. The van der Waals surface area contributed by atoms with Gasteiger partial charge in [-0.15, -0.1) is 11.8 Å². The molecule has 1 aromatic rings. The molecule has 1 saturated heterocycles. The van der Waals surface area contributed by atoms with Crippen LogP contribution in [0.1, 0.15) is 26.2 Å². The summed E-state index contributed by atoms with van der Waals surface area (Å²) in [7, 11) is 0. The molecule has 3 atom stereocenters. The van der Waals surface area contributed by atoms with Crippen LogP contribution in [0.15, 0.2) is 29.2 Å². The lowest BCUT2D eigenvalue weighted by molar-refractivity contribution is -0.149. The first-order valence-electron chi connectivity index (χ1n) is 8.33. The molecule has 1 aliphatic carbocycles. The number of carbonyl (C=O) groups is 2. The van der Waals surface area contributed by atoms with E-state index >= 15 is 0 Å². The predicted molar refractivity (Wildman–Crippen MR) is 90.3 cm³/mol. The van der Waals surface area contributed by atoms with Crippen LogP contribution in [0.25, 0.3) is 0 Å². The van der Waals surface area contributed by atoms with Crippen molar-refractivity contribution < 1.29 is 19.1 Å². The number of likely N-dealkylation sites (tertiary alicyclic amines) is 1. The number of aliphatic carboxylic acids is 1. The van der Waals surface area contributed by atoms with Crippen LogP contribution in [0.5, 0.6) is 0 Å². The van der Waals surface area contributed by atoms with Gasteiger partial charge in [-0.3, -0.25) is 9.59 Å². The minimum Gasteiger partial charge on any atom is -0.481 e. The number of hydrogen-bond acceptors (Lipinski definition) is 3. The Morgan fingerprint density at radius 2 is 2.12 bits per heavy atom. The van der Waals surface area contributed by atoms with Crippen molar-refractivity contribution in [1.82, 2.24) is 4.90 Å². The Balaban J connectivity index is 1.58. The summed E-state index contributed by atoms with van der Waals surface area (Å²) in [5.41, 5.74) is -0.723. The van der Waals surface area contributed by atoms with Crippen molar-refractivity contribution in [1.29, 1.82) is 0 Å². The van der Waals surface area contributed by atoms with Crippen molar-refractivity contribution in [2.45, 2.75) is 31.1 Å². The van der Waals surface area contributed by atoms with E-state index in [2.05, 4.69) is 0 Å². The van der Waals surface area contributed by atoms with E-state index in [0.29, 0.717) is 25.3 Å². The fraction of sp³-hybridized carbons (Fsp3) is 0.556. The van der Waals surface area contributed by atoms with Crippen molar-refractivity contribution in [2.24, 2.45) is 17.3 Å². The molecule has 1 unspecified atom stereocenters. The van der Waals surface area contributed by atoms with Gasteiger partial charge < -0.3 is 10.0 Å². The van der Waals surface area contributed by atoms with E-state index in [1.54, 1.807) is 17.0 Å². The van der Waals surface area contributed by atoms with Crippen molar-refractivity contribution in [3.8, 4) is 0 Å². The van der Waals surface area contributed by atoms with Crippen LogP contribution in [0, 0.1) is 23.1 Å².